The van der Waals surface area contributed by atoms with Crippen molar-refractivity contribution >= 4 is 22.8 Å². The van der Waals surface area contributed by atoms with Gasteiger partial charge in [-0.3, -0.25) is 4.79 Å². The summed E-state index contributed by atoms with van der Waals surface area (Å²) in [4.78, 5) is 15.9. The molecule has 0 saturated carbocycles. The number of carbonyl (C=O) groups is 1. The lowest BCUT2D eigenvalue weighted by molar-refractivity contribution is -0.122. The smallest absolute Gasteiger partial charge is 0.145 e. The number of allylic oxidation sites excluding steroid dienone is 1. The molecule has 174 valence electrons. The van der Waals surface area contributed by atoms with Gasteiger partial charge < -0.3 is 15.5 Å². The molecule has 0 bridgehead atoms. The van der Waals surface area contributed by atoms with Gasteiger partial charge >= 0.3 is 0 Å². The topological polar surface area (TPSA) is 44.4 Å². The number of para-hydroxylation sites is 2. The third kappa shape index (κ3) is 4.18. The molecule has 0 unspecified atom stereocenters. The molecule has 2 N–H and O–H groups in total. The van der Waals surface area contributed by atoms with Gasteiger partial charge in [0.05, 0.1) is 23.3 Å². The number of hydrogen-bond acceptors (Lipinski definition) is 4. The zero-order valence-electron chi connectivity index (χ0n) is 19.6. The highest BCUT2D eigenvalue weighted by atomic mass is 19.1. The van der Waals surface area contributed by atoms with E-state index in [9.17, 15) is 9.18 Å². The normalized spacial score (nSPS) is 21.3. The molecule has 1 heterocycles. The van der Waals surface area contributed by atoms with Crippen molar-refractivity contribution in [2.24, 2.45) is 5.92 Å². The summed E-state index contributed by atoms with van der Waals surface area (Å²) >= 11 is 0. The molecule has 0 radical (unpaired) electrons. The van der Waals surface area contributed by atoms with Crippen LogP contribution in [0.1, 0.15) is 43.4 Å². The van der Waals surface area contributed by atoms with Crippen LogP contribution in [-0.2, 0) is 4.79 Å². The fourth-order valence-electron chi connectivity index (χ4n) is 5.19. The van der Waals surface area contributed by atoms with E-state index in [-0.39, 0.29) is 29.5 Å². The number of fused-ring (bicyclic) bond motifs is 2. The Morgan fingerprint density at radius 3 is 2.21 bits per heavy atom. The summed E-state index contributed by atoms with van der Waals surface area (Å²) < 4.78 is 13.5. The Kier molecular flexibility index (Phi) is 6.10. The van der Waals surface area contributed by atoms with Crippen LogP contribution in [0.3, 0.4) is 0 Å². The number of hydrogen-bond donors (Lipinski definition) is 2. The van der Waals surface area contributed by atoms with Crippen molar-refractivity contribution in [2.75, 3.05) is 28.6 Å². The highest BCUT2D eigenvalue weighted by molar-refractivity contribution is 5.90. The summed E-state index contributed by atoms with van der Waals surface area (Å²) in [7, 11) is 0. The quantitative estimate of drug-likeness (QED) is 0.460. The van der Waals surface area contributed by atoms with E-state index in [1.807, 2.05) is 24.3 Å². The van der Waals surface area contributed by atoms with Crippen LogP contribution in [0.4, 0.5) is 21.5 Å². The molecule has 34 heavy (non-hydrogen) atoms. The van der Waals surface area contributed by atoms with Crippen molar-refractivity contribution in [3.8, 4) is 0 Å². The van der Waals surface area contributed by atoms with Crippen molar-refractivity contribution in [3.63, 3.8) is 0 Å². The molecule has 3 aromatic carbocycles. The predicted octanol–water partition coefficient (Wildman–Crippen LogP) is 6.51. The number of rotatable bonds is 5. The molecule has 3 aromatic rings. The standard InChI is InChI=1S/C29H30FN3O/c1-3-33(4-2)23-15-11-20(12-16-23)29-28-26(31-24-7-5-6-8-25(24)32-29)17-21(18-27(28)34)19-9-13-22(30)14-10-19/h5-17,21,28-29,31-32H,3-4,18H2,1-2H3/t21-,28-,29-/m0/s1. The van der Waals surface area contributed by atoms with Gasteiger partial charge in [-0.2, -0.15) is 0 Å². The molecule has 3 atom stereocenters. The second kappa shape index (κ2) is 9.34. The maximum Gasteiger partial charge on any atom is 0.145 e. The first-order valence-electron chi connectivity index (χ1n) is 12.0. The Hall–Kier alpha value is -3.60. The highest BCUT2D eigenvalue weighted by Crippen LogP contribution is 2.44. The number of halogens is 1. The van der Waals surface area contributed by atoms with Crippen LogP contribution in [0.25, 0.3) is 0 Å². The zero-order valence-corrected chi connectivity index (χ0v) is 19.6. The minimum absolute atomic E-state index is 0.0807. The summed E-state index contributed by atoms with van der Waals surface area (Å²) in [6.45, 7) is 6.21. The number of nitrogens with one attached hydrogen (secondary N) is 2. The fraction of sp³-hybridized carbons (Fsp3) is 0.276. The van der Waals surface area contributed by atoms with Crippen molar-refractivity contribution in [2.45, 2.75) is 32.2 Å². The van der Waals surface area contributed by atoms with E-state index in [0.29, 0.717) is 6.42 Å². The Morgan fingerprint density at radius 2 is 1.53 bits per heavy atom. The van der Waals surface area contributed by atoms with E-state index in [1.54, 1.807) is 12.1 Å². The molecule has 4 nitrogen and oxygen atoms in total. The zero-order chi connectivity index (χ0) is 23.7. The summed E-state index contributed by atoms with van der Waals surface area (Å²) in [6.07, 6.45) is 2.55. The minimum Gasteiger partial charge on any atom is -0.375 e. The van der Waals surface area contributed by atoms with Crippen molar-refractivity contribution in [1.82, 2.24) is 0 Å². The Balaban J connectivity index is 1.55. The summed E-state index contributed by atoms with van der Waals surface area (Å²) in [6, 6.07) is 22.9. The highest BCUT2D eigenvalue weighted by Gasteiger charge is 2.39. The van der Waals surface area contributed by atoms with Gasteiger partial charge in [0, 0.05) is 36.8 Å². The maximum atomic E-state index is 13.6. The van der Waals surface area contributed by atoms with Gasteiger partial charge in [-0.25, -0.2) is 4.39 Å². The lowest BCUT2D eigenvalue weighted by Gasteiger charge is -2.32. The molecule has 2 aliphatic rings. The first-order valence-corrected chi connectivity index (χ1v) is 12.0. The van der Waals surface area contributed by atoms with Gasteiger partial charge in [-0.1, -0.05) is 42.5 Å². The van der Waals surface area contributed by atoms with E-state index in [2.05, 4.69) is 59.7 Å². The van der Waals surface area contributed by atoms with E-state index in [1.165, 1.54) is 17.8 Å². The van der Waals surface area contributed by atoms with Gasteiger partial charge in [-0.05, 0) is 61.4 Å². The van der Waals surface area contributed by atoms with Crippen molar-refractivity contribution in [1.29, 1.82) is 0 Å². The molecule has 1 aliphatic carbocycles. The molecule has 0 aromatic heterocycles. The average molecular weight is 456 g/mol. The van der Waals surface area contributed by atoms with Crippen LogP contribution in [0, 0.1) is 11.7 Å². The van der Waals surface area contributed by atoms with E-state index in [4.69, 9.17) is 0 Å². The SMILES string of the molecule is CCN(CC)c1ccc([C@@H]2Nc3ccccc3NC3=C[C@H](c4ccc(F)cc4)CC(=O)[C@H]32)cc1. The molecule has 0 fully saturated rings. The molecule has 1 aliphatic heterocycles. The Labute approximate surface area is 200 Å². The summed E-state index contributed by atoms with van der Waals surface area (Å²) in [5.41, 5.74) is 6.05. The Bertz CT molecular complexity index is 1200. The number of anilines is 3. The molecular weight excluding hydrogens is 425 g/mol. The lowest BCUT2D eigenvalue weighted by Crippen LogP contribution is -2.33. The number of ketones is 1. The molecule has 5 heteroatoms. The number of nitrogens with zero attached hydrogens (tertiary/aromatic N) is 1. The molecule has 0 saturated heterocycles. The minimum atomic E-state index is -0.330. The fourth-order valence-corrected chi connectivity index (χ4v) is 5.19. The second-order valence-corrected chi connectivity index (χ2v) is 8.98. The van der Waals surface area contributed by atoms with Gasteiger partial charge in [-0.15, -0.1) is 0 Å². The first kappa shape index (κ1) is 22.2. The molecular formula is C29H30FN3O. The summed E-state index contributed by atoms with van der Waals surface area (Å²) in [5, 5.41) is 7.20. The number of Topliss-reactive ketones (excluding diaryl/α,β-unsaturated/α-hetero) is 1. The Morgan fingerprint density at radius 1 is 0.882 bits per heavy atom. The third-order valence-corrected chi connectivity index (χ3v) is 7.01. The molecule has 5 rings (SSSR count). The van der Waals surface area contributed by atoms with Crippen LogP contribution in [0.15, 0.2) is 84.6 Å². The van der Waals surface area contributed by atoms with Crippen LogP contribution in [0.2, 0.25) is 0 Å². The first-order chi connectivity index (χ1) is 16.6. The molecule has 0 spiro atoms. The van der Waals surface area contributed by atoms with Crippen LogP contribution >= 0.6 is 0 Å². The van der Waals surface area contributed by atoms with Crippen molar-refractivity contribution in [3.05, 3.63) is 102 Å². The average Bonchev–Trinajstić information content (AvgIpc) is 3.02. The van der Waals surface area contributed by atoms with Gasteiger partial charge in [0.2, 0.25) is 0 Å². The maximum absolute atomic E-state index is 13.6. The largest absolute Gasteiger partial charge is 0.375 e. The van der Waals surface area contributed by atoms with Crippen LogP contribution in [0.5, 0.6) is 0 Å². The number of carbonyl (C=O) groups excluding carboxylic acids is 1. The van der Waals surface area contributed by atoms with E-state index < -0.39 is 0 Å². The lowest BCUT2D eigenvalue weighted by atomic mass is 9.76. The third-order valence-electron chi connectivity index (χ3n) is 7.01. The van der Waals surface area contributed by atoms with Crippen LogP contribution in [-0.4, -0.2) is 18.9 Å². The van der Waals surface area contributed by atoms with E-state index in [0.717, 1.165) is 41.3 Å². The predicted molar refractivity (Wildman–Crippen MR) is 137 cm³/mol. The van der Waals surface area contributed by atoms with Crippen LogP contribution < -0.4 is 15.5 Å². The second-order valence-electron chi connectivity index (χ2n) is 8.98. The number of benzene rings is 3. The van der Waals surface area contributed by atoms with Gasteiger partial charge in [0.25, 0.3) is 0 Å². The summed E-state index contributed by atoms with van der Waals surface area (Å²) in [5.74, 6) is -0.501. The van der Waals surface area contributed by atoms with Gasteiger partial charge in [0.1, 0.15) is 11.6 Å². The monoisotopic (exact) mass is 455 g/mol. The molecule has 0 amide bonds. The van der Waals surface area contributed by atoms with Crippen molar-refractivity contribution < 1.29 is 9.18 Å². The van der Waals surface area contributed by atoms with E-state index >= 15 is 0 Å². The van der Waals surface area contributed by atoms with Gasteiger partial charge in [0.15, 0.2) is 0 Å².